The summed E-state index contributed by atoms with van der Waals surface area (Å²) in [6.07, 6.45) is 0. The summed E-state index contributed by atoms with van der Waals surface area (Å²) in [5.74, 6) is 1.18. The number of rotatable bonds is 5. The van der Waals surface area contributed by atoms with Crippen LogP contribution in [0, 0.1) is 6.92 Å². The van der Waals surface area contributed by atoms with E-state index in [9.17, 15) is 4.79 Å². The minimum absolute atomic E-state index is 0.333. The van der Waals surface area contributed by atoms with Crippen LogP contribution >= 0.6 is 11.3 Å². The van der Waals surface area contributed by atoms with Gasteiger partial charge in [0.2, 0.25) is 0 Å². The highest BCUT2D eigenvalue weighted by Crippen LogP contribution is 2.28. The standard InChI is InChI=1S/C18H18N4O2S/c1-11-9-12(7-8-13(11)17(23)24-3)14-10-25-18(20-14)22-16-6-4-5-15(19-2)21-16/h4-10H,1-3H3,(H2,19,20,21,22). The highest BCUT2D eigenvalue weighted by molar-refractivity contribution is 7.14. The van der Waals surface area contributed by atoms with Crippen LogP contribution in [-0.2, 0) is 4.74 Å². The molecule has 0 amide bonds. The van der Waals surface area contributed by atoms with Crippen molar-refractivity contribution in [3.63, 3.8) is 0 Å². The van der Waals surface area contributed by atoms with Gasteiger partial charge in [0, 0.05) is 18.0 Å². The van der Waals surface area contributed by atoms with Crippen molar-refractivity contribution in [1.82, 2.24) is 9.97 Å². The summed E-state index contributed by atoms with van der Waals surface area (Å²) in [5, 5.41) is 8.93. The van der Waals surface area contributed by atoms with E-state index in [0.717, 1.165) is 33.6 Å². The molecule has 6 nitrogen and oxygen atoms in total. The van der Waals surface area contributed by atoms with Gasteiger partial charge >= 0.3 is 5.97 Å². The summed E-state index contributed by atoms with van der Waals surface area (Å²) in [7, 11) is 3.21. The quantitative estimate of drug-likeness (QED) is 0.672. The monoisotopic (exact) mass is 354 g/mol. The minimum Gasteiger partial charge on any atom is -0.465 e. The van der Waals surface area contributed by atoms with Crippen molar-refractivity contribution in [2.75, 3.05) is 24.8 Å². The number of thiazole rings is 1. The maximum absolute atomic E-state index is 11.7. The van der Waals surface area contributed by atoms with Gasteiger partial charge in [-0.15, -0.1) is 11.3 Å². The summed E-state index contributed by atoms with van der Waals surface area (Å²) >= 11 is 1.50. The van der Waals surface area contributed by atoms with Gasteiger partial charge in [-0.25, -0.2) is 14.8 Å². The number of anilines is 3. The van der Waals surface area contributed by atoms with E-state index in [1.165, 1.54) is 18.4 Å². The zero-order valence-corrected chi connectivity index (χ0v) is 15.0. The van der Waals surface area contributed by atoms with E-state index in [1.54, 1.807) is 6.07 Å². The Labute approximate surface area is 149 Å². The van der Waals surface area contributed by atoms with Crippen molar-refractivity contribution in [3.05, 3.63) is 52.9 Å². The third-order valence-corrected chi connectivity index (χ3v) is 4.43. The molecule has 25 heavy (non-hydrogen) atoms. The van der Waals surface area contributed by atoms with Crippen LogP contribution in [0.5, 0.6) is 0 Å². The van der Waals surface area contributed by atoms with Crippen LogP contribution in [0.3, 0.4) is 0 Å². The van der Waals surface area contributed by atoms with E-state index < -0.39 is 0 Å². The first kappa shape index (κ1) is 16.9. The Balaban J connectivity index is 1.81. The van der Waals surface area contributed by atoms with Gasteiger partial charge in [-0.2, -0.15) is 0 Å². The summed E-state index contributed by atoms with van der Waals surface area (Å²) in [5.41, 5.74) is 3.21. The largest absolute Gasteiger partial charge is 0.465 e. The molecule has 0 atom stereocenters. The Morgan fingerprint density at radius 3 is 2.68 bits per heavy atom. The molecule has 0 bridgehead atoms. The van der Waals surface area contributed by atoms with E-state index in [4.69, 9.17) is 4.74 Å². The molecule has 0 saturated heterocycles. The van der Waals surface area contributed by atoms with E-state index in [0.29, 0.717) is 5.56 Å². The second-order valence-corrected chi connectivity index (χ2v) is 6.20. The van der Waals surface area contributed by atoms with Gasteiger partial charge in [0.25, 0.3) is 0 Å². The summed E-state index contributed by atoms with van der Waals surface area (Å²) in [6, 6.07) is 11.3. The van der Waals surface area contributed by atoms with E-state index in [1.807, 2.05) is 49.7 Å². The average molecular weight is 354 g/mol. The second-order valence-electron chi connectivity index (χ2n) is 5.34. The molecule has 0 spiro atoms. The third-order valence-electron chi connectivity index (χ3n) is 3.67. The molecule has 1 aromatic carbocycles. The Morgan fingerprint density at radius 1 is 1.16 bits per heavy atom. The Morgan fingerprint density at radius 2 is 1.96 bits per heavy atom. The lowest BCUT2D eigenvalue weighted by Crippen LogP contribution is -2.03. The molecule has 0 fully saturated rings. The molecule has 7 heteroatoms. The SMILES string of the molecule is CNc1cccc(Nc2nc(-c3ccc(C(=O)OC)c(C)c3)cs2)n1. The number of carbonyl (C=O) groups is 1. The number of pyridine rings is 1. The third kappa shape index (κ3) is 3.77. The zero-order valence-electron chi connectivity index (χ0n) is 14.2. The van der Waals surface area contributed by atoms with Crippen LogP contribution in [0.1, 0.15) is 15.9 Å². The zero-order chi connectivity index (χ0) is 17.8. The van der Waals surface area contributed by atoms with Crippen LogP contribution in [-0.4, -0.2) is 30.1 Å². The minimum atomic E-state index is -0.333. The first-order chi connectivity index (χ1) is 12.1. The molecular weight excluding hydrogens is 336 g/mol. The molecule has 0 aliphatic heterocycles. The van der Waals surface area contributed by atoms with Crippen LogP contribution in [0.2, 0.25) is 0 Å². The number of methoxy groups -OCH3 is 1. The number of hydrogen-bond donors (Lipinski definition) is 2. The average Bonchev–Trinajstić information content (AvgIpc) is 3.09. The molecule has 128 valence electrons. The molecule has 2 heterocycles. The van der Waals surface area contributed by atoms with Crippen LogP contribution < -0.4 is 10.6 Å². The summed E-state index contributed by atoms with van der Waals surface area (Å²) in [4.78, 5) is 20.7. The number of benzene rings is 1. The van der Waals surface area contributed by atoms with Crippen LogP contribution in [0.25, 0.3) is 11.3 Å². The lowest BCUT2D eigenvalue weighted by Gasteiger charge is -2.06. The molecule has 0 aliphatic rings. The number of esters is 1. The predicted octanol–water partition coefficient (Wildman–Crippen LogP) is 4.09. The van der Waals surface area contributed by atoms with Crippen molar-refractivity contribution in [2.24, 2.45) is 0 Å². The first-order valence-corrected chi connectivity index (χ1v) is 8.55. The van der Waals surface area contributed by atoms with Crippen molar-refractivity contribution in [2.45, 2.75) is 6.92 Å². The number of ether oxygens (including phenoxy) is 1. The number of nitrogens with zero attached hydrogens (tertiary/aromatic N) is 2. The van der Waals surface area contributed by atoms with Crippen LogP contribution in [0.4, 0.5) is 16.8 Å². The number of carbonyl (C=O) groups excluding carboxylic acids is 1. The summed E-state index contributed by atoms with van der Waals surface area (Å²) < 4.78 is 4.78. The lowest BCUT2D eigenvalue weighted by molar-refractivity contribution is 0.0600. The normalized spacial score (nSPS) is 10.4. The van der Waals surface area contributed by atoms with Crippen molar-refractivity contribution in [1.29, 1.82) is 0 Å². The van der Waals surface area contributed by atoms with Gasteiger partial charge in [-0.1, -0.05) is 12.1 Å². The fourth-order valence-electron chi connectivity index (χ4n) is 2.38. The Kier molecular flexibility index (Phi) is 4.95. The fraction of sp³-hybridized carbons (Fsp3) is 0.167. The van der Waals surface area contributed by atoms with Gasteiger partial charge in [0.1, 0.15) is 11.6 Å². The maximum atomic E-state index is 11.7. The highest BCUT2D eigenvalue weighted by atomic mass is 32.1. The van der Waals surface area contributed by atoms with E-state index >= 15 is 0 Å². The molecular formula is C18H18N4O2S. The molecule has 0 radical (unpaired) electrons. The number of hydrogen-bond acceptors (Lipinski definition) is 7. The lowest BCUT2D eigenvalue weighted by atomic mass is 10.0. The topological polar surface area (TPSA) is 76.1 Å². The van der Waals surface area contributed by atoms with Crippen molar-refractivity contribution in [3.8, 4) is 11.3 Å². The van der Waals surface area contributed by atoms with Crippen molar-refractivity contribution < 1.29 is 9.53 Å². The smallest absolute Gasteiger partial charge is 0.338 e. The fourth-order valence-corrected chi connectivity index (χ4v) is 3.11. The van der Waals surface area contributed by atoms with Gasteiger partial charge < -0.3 is 15.4 Å². The Hall–Kier alpha value is -2.93. The molecule has 0 unspecified atom stereocenters. The van der Waals surface area contributed by atoms with Crippen LogP contribution in [0.15, 0.2) is 41.8 Å². The van der Waals surface area contributed by atoms with Gasteiger partial charge in [0.05, 0.1) is 18.4 Å². The Bertz CT molecular complexity index is 908. The molecule has 3 rings (SSSR count). The van der Waals surface area contributed by atoms with E-state index in [2.05, 4.69) is 20.6 Å². The predicted molar refractivity (Wildman–Crippen MR) is 101 cm³/mol. The molecule has 2 aromatic heterocycles. The first-order valence-electron chi connectivity index (χ1n) is 7.67. The van der Waals surface area contributed by atoms with Crippen molar-refractivity contribution >= 4 is 34.1 Å². The van der Waals surface area contributed by atoms with Gasteiger partial charge in [-0.3, -0.25) is 0 Å². The van der Waals surface area contributed by atoms with E-state index in [-0.39, 0.29) is 5.97 Å². The summed E-state index contributed by atoms with van der Waals surface area (Å²) in [6.45, 7) is 1.88. The molecule has 3 aromatic rings. The number of nitrogens with one attached hydrogen (secondary N) is 2. The number of aryl methyl sites for hydroxylation is 1. The van der Waals surface area contributed by atoms with Gasteiger partial charge in [-0.05, 0) is 36.8 Å². The number of aromatic nitrogens is 2. The highest BCUT2D eigenvalue weighted by Gasteiger charge is 2.12. The van der Waals surface area contributed by atoms with Gasteiger partial charge in [0.15, 0.2) is 5.13 Å². The molecule has 0 aliphatic carbocycles. The second kappa shape index (κ2) is 7.31. The maximum Gasteiger partial charge on any atom is 0.338 e. The molecule has 0 saturated carbocycles. The molecule has 2 N–H and O–H groups in total.